The lowest BCUT2D eigenvalue weighted by Gasteiger charge is -2.19. The Hall–Kier alpha value is -3.33. The van der Waals surface area contributed by atoms with Crippen molar-refractivity contribution in [3.05, 3.63) is 101 Å². The molecule has 1 aromatic heterocycles. The van der Waals surface area contributed by atoms with Crippen molar-refractivity contribution < 1.29 is 9.90 Å². The predicted molar refractivity (Wildman–Crippen MR) is 132 cm³/mol. The predicted octanol–water partition coefficient (Wildman–Crippen LogP) is 6.73. The fraction of sp³-hybridized carbons (Fsp3) is 0.276. The minimum Gasteiger partial charge on any atom is -0.481 e. The molecule has 3 heteroatoms. The number of rotatable bonds is 7. The molecule has 0 amide bonds. The van der Waals surface area contributed by atoms with Crippen molar-refractivity contribution in [2.24, 2.45) is 0 Å². The van der Waals surface area contributed by atoms with E-state index in [0.717, 1.165) is 29.6 Å². The lowest BCUT2D eigenvalue weighted by atomic mass is 9.87. The smallest absolute Gasteiger partial charge is 0.303 e. The quantitative estimate of drug-likeness (QED) is 0.357. The van der Waals surface area contributed by atoms with E-state index in [1.165, 1.54) is 22.1 Å². The Labute approximate surface area is 190 Å². The lowest BCUT2D eigenvalue weighted by Crippen LogP contribution is -2.10. The summed E-state index contributed by atoms with van der Waals surface area (Å²) >= 11 is 0. The van der Waals surface area contributed by atoms with Crippen molar-refractivity contribution in [1.82, 2.24) is 4.57 Å². The molecule has 0 aliphatic heterocycles. The molecule has 1 heterocycles. The topological polar surface area (TPSA) is 42.2 Å². The summed E-state index contributed by atoms with van der Waals surface area (Å²) < 4.78 is 2.27. The second-order valence-corrected chi connectivity index (χ2v) is 9.55. The van der Waals surface area contributed by atoms with Crippen molar-refractivity contribution in [1.29, 1.82) is 0 Å². The number of carboxylic acid groups (broad SMARTS) is 1. The molecule has 0 fully saturated rings. The first-order valence-electron chi connectivity index (χ1n) is 11.3. The van der Waals surface area contributed by atoms with E-state index in [1.54, 1.807) is 0 Å². The van der Waals surface area contributed by atoms with Crippen molar-refractivity contribution in [3.63, 3.8) is 0 Å². The van der Waals surface area contributed by atoms with E-state index < -0.39 is 5.97 Å². The molecule has 164 valence electrons. The summed E-state index contributed by atoms with van der Waals surface area (Å²) in [5.41, 5.74) is 7.44. The summed E-state index contributed by atoms with van der Waals surface area (Å²) in [7, 11) is 0. The second kappa shape index (κ2) is 9.04. The van der Waals surface area contributed by atoms with Gasteiger partial charge in [0.25, 0.3) is 0 Å². The zero-order chi connectivity index (χ0) is 22.7. The molecule has 0 bridgehead atoms. The van der Waals surface area contributed by atoms with Gasteiger partial charge in [0.2, 0.25) is 0 Å². The number of aromatic nitrogens is 1. The van der Waals surface area contributed by atoms with E-state index in [-0.39, 0.29) is 11.8 Å². The van der Waals surface area contributed by atoms with Crippen LogP contribution in [-0.4, -0.2) is 15.6 Å². The van der Waals surface area contributed by atoms with E-state index in [2.05, 4.69) is 98.3 Å². The highest BCUT2D eigenvalue weighted by Crippen LogP contribution is 2.29. The number of aryl methyl sites for hydroxylation is 3. The van der Waals surface area contributed by atoms with Crippen LogP contribution in [0.3, 0.4) is 0 Å². The van der Waals surface area contributed by atoms with E-state index in [9.17, 15) is 4.79 Å². The molecule has 0 radical (unpaired) electrons. The summed E-state index contributed by atoms with van der Waals surface area (Å²) in [6, 6.07) is 25.7. The first kappa shape index (κ1) is 21.9. The maximum absolute atomic E-state index is 11.0. The van der Waals surface area contributed by atoms with Crippen molar-refractivity contribution >= 4 is 16.9 Å². The van der Waals surface area contributed by atoms with Crippen LogP contribution in [-0.2, 0) is 29.5 Å². The number of aliphatic carboxylic acids is 1. The Morgan fingerprint density at radius 3 is 2.22 bits per heavy atom. The standard InChI is InChI=1S/C29H31NO2/c1-29(2,3)24-13-15-25(16-14-24)30-20-23(12-9-21-7-5-4-6-8-21)26-19-22(10-17-27(26)30)11-18-28(31)32/h4-8,10,13-17,19-20H,9,11-12,18H2,1-3H3,(H,31,32). The van der Waals surface area contributed by atoms with Crippen LogP contribution in [0.1, 0.15) is 49.4 Å². The minimum atomic E-state index is -0.758. The van der Waals surface area contributed by atoms with Crippen molar-refractivity contribution in [2.45, 2.75) is 51.9 Å². The zero-order valence-electron chi connectivity index (χ0n) is 19.1. The van der Waals surface area contributed by atoms with E-state index in [4.69, 9.17) is 5.11 Å². The third-order valence-corrected chi connectivity index (χ3v) is 6.12. The molecule has 0 saturated carbocycles. The number of carboxylic acids is 1. The second-order valence-electron chi connectivity index (χ2n) is 9.55. The number of nitrogens with zero attached hydrogens (tertiary/aromatic N) is 1. The van der Waals surface area contributed by atoms with Gasteiger partial charge in [0.05, 0.1) is 5.52 Å². The Morgan fingerprint density at radius 1 is 0.844 bits per heavy atom. The highest BCUT2D eigenvalue weighted by molar-refractivity contribution is 5.86. The molecule has 0 aliphatic rings. The molecular formula is C29H31NO2. The minimum absolute atomic E-state index is 0.122. The average molecular weight is 426 g/mol. The largest absolute Gasteiger partial charge is 0.481 e. The summed E-state index contributed by atoms with van der Waals surface area (Å²) in [4.78, 5) is 11.0. The van der Waals surface area contributed by atoms with Gasteiger partial charge in [-0.25, -0.2) is 0 Å². The zero-order valence-corrected chi connectivity index (χ0v) is 19.1. The van der Waals surface area contributed by atoms with Crippen LogP contribution in [0.15, 0.2) is 79.0 Å². The van der Waals surface area contributed by atoms with Crippen LogP contribution in [0.5, 0.6) is 0 Å². The van der Waals surface area contributed by atoms with Gasteiger partial charge in [0.15, 0.2) is 0 Å². The highest BCUT2D eigenvalue weighted by Gasteiger charge is 2.15. The van der Waals surface area contributed by atoms with Gasteiger partial charge in [-0.05, 0) is 71.2 Å². The molecule has 4 rings (SSSR count). The number of benzene rings is 3. The Kier molecular flexibility index (Phi) is 6.18. The van der Waals surface area contributed by atoms with Crippen molar-refractivity contribution in [3.8, 4) is 5.69 Å². The summed E-state index contributed by atoms with van der Waals surface area (Å²) in [5.74, 6) is -0.758. The number of hydrogen-bond acceptors (Lipinski definition) is 1. The van der Waals surface area contributed by atoms with Gasteiger partial charge in [-0.2, -0.15) is 0 Å². The van der Waals surface area contributed by atoms with Crippen LogP contribution in [0.4, 0.5) is 0 Å². The van der Waals surface area contributed by atoms with E-state index in [0.29, 0.717) is 6.42 Å². The molecule has 4 aromatic rings. The Balaban J connectivity index is 1.72. The van der Waals surface area contributed by atoms with E-state index >= 15 is 0 Å². The van der Waals surface area contributed by atoms with Crippen LogP contribution >= 0.6 is 0 Å². The summed E-state index contributed by atoms with van der Waals surface area (Å²) in [6.07, 6.45) is 4.87. The molecule has 0 spiro atoms. The normalized spacial score (nSPS) is 11.7. The van der Waals surface area contributed by atoms with Crippen LogP contribution in [0.25, 0.3) is 16.6 Å². The fourth-order valence-corrected chi connectivity index (χ4v) is 4.21. The molecule has 1 N–H and O–H groups in total. The molecule has 3 aromatic carbocycles. The third kappa shape index (κ3) is 4.94. The molecule has 0 atom stereocenters. The maximum atomic E-state index is 11.0. The molecule has 3 nitrogen and oxygen atoms in total. The van der Waals surface area contributed by atoms with Crippen LogP contribution in [0.2, 0.25) is 0 Å². The first-order valence-corrected chi connectivity index (χ1v) is 11.3. The lowest BCUT2D eigenvalue weighted by molar-refractivity contribution is -0.136. The Morgan fingerprint density at radius 2 is 1.56 bits per heavy atom. The third-order valence-electron chi connectivity index (χ3n) is 6.12. The van der Waals surface area contributed by atoms with E-state index in [1.807, 2.05) is 6.07 Å². The number of carbonyl (C=O) groups is 1. The Bertz CT molecular complexity index is 1210. The molecule has 32 heavy (non-hydrogen) atoms. The molecule has 0 saturated heterocycles. The number of fused-ring (bicyclic) bond motifs is 1. The van der Waals surface area contributed by atoms with Gasteiger partial charge in [0.1, 0.15) is 0 Å². The fourth-order valence-electron chi connectivity index (χ4n) is 4.21. The van der Waals surface area contributed by atoms with Crippen molar-refractivity contribution in [2.75, 3.05) is 0 Å². The van der Waals surface area contributed by atoms with Gasteiger partial charge in [-0.1, -0.05) is 69.3 Å². The first-order chi connectivity index (χ1) is 15.3. The van der Waals surface area contributed by atoms with Gasteiger partial charge >= 0.3 is 5.97 Å². The molecular weight excluding hydrogens is 394 g/mol. The van der Waals surface area contributed by atoms with Gasteiger partial charge in [-0.15, -0.1) is 0 Å². The van der Waals surface area contributed by atoms with Crippen LogP contribution < -0.4 is 0 Å². The van der Waals surface area contributed by atoms with Gasteiger partial charge in [-0.3, -0.25) is 4.79 Å². The van der Waals surface area contributed by atoms with Gasteiger partial charge in [0, 0.05) is 23.7 Å². The molecule has 0 unspecified atom stereocenters. The average Bonchev–Trinajstić information content (AvgIpc) is 3.14. The number of hydrogen-bond donors (Lipinski definition) is 1. The highest BCUT2D eigenvalue weighted by atomic mass is 16.4. The SMILES string of the molecule is CC(C)(C)c1ccc(-n2cc(CCc3ccccc3)c3cc(CCC(=O)O)ccc32)cc1. The summed E-state index contributed by atoms with van der Waals surface area (Å²) in [5, 5.41) is 10.3. The summed E-state index contributed by atoms with van der Waals surface area (Å²) in [6.45, 7) is 6.69. The van der Waals surface area contributed by atoms with Gasteiger partial charge < -0.3 is 9.67 Å². The monoisotopic (exact) mass is 425 g/mol. The molecule has 0 aliphatic carbocycles. The maximum Gasteiger partial charge on any atom is 0.303 e. The van der Waals surface area contributed by atoms with Crippen LogP contribution in [0, 0.1) is 0 Å².